The van der Waals surface area contributed by atoms with Gasteiger partial charge in [0.1, 0.15) is 0 Å². The molecule has 1 aliphatic heterocycles. The molecule has 124 valence electrons. The van der Waals surface area contributed by atoms with E-state index in [1.807, 2.05) is 20.8 Å². The first kappa shape index (κ1) is 17.0. The summed E-state index contributed by atoms with van der Waals surface area (Å²) in [6, 6.07) is 6.41. The van der Waals surface area contributed by atoms with Gasteiger partial charge < -0.3 is 10.0 Å². The van der Waals surface area contributed by atoms with Crippen LogP contribution in [0, 0.1) is 0 Å². The van der Waals surface area contributed by atoms with Crippen LogP contribution in [0.15, 0.2) is 24.3 Å². The van der Waals surface area contributed by atoms with Crippen LogP contribution in [-0.2, 0) is 0 Å². The zero-order valence-corrected chi connectivity index (χ0v) is 13.9. The zero-order valence-electron chi connectivity index (χ0n) is 13.9. The molecule has 0 spiro atoms. The SMILES string of the molecule is C[C@H](CCN1C(=O)c2ccccc2C1=O)N(C(=O)O)C(C)(C)C. The van der Waals surface area contributed by atoms with E-state index in [0.29, 0.717) is 17.5 Å². The van der Waals surface area contributed by atoms with Crippen molar-refractivity contribution in [2.45, 2.75) is 45.7 Å². The first-order valence-corrected chi connectivity index (χ1v) is 7.62. The van der Waals surface area contributed by atoms with E-state index in [0.717, 1.165) is 0 Å². The van der Waals surface area contributed by atoms with Crippen molar-refractivity contribution in [2.75, 3.05) is 6.54 Å². The van der Waals surface area contributed by atoms with Crippen molar-refractivity contribution < 1.29 is 19.5 Å². The Morgan fingerprint density at radius 1 is 1.17 bits per heavy atom. The fourth-order valence-corrected chi connectivity index (χ4v) is 3.02. The van der Waals surface area contributed by atoms with Crippen LogP contribution in [0.3, 0.4) is 0 Å². The van der Waals surface area contributed by atoms with Gasteiger partial charge in [0.2, 0.25) is 0 Å². The standard InChI is InChI=1S/C17H22N2O4/c1-11(19(16(22)23)17(2,3)4)9-10-18-14(20)12-7-5-6-8-13(12)15(18)21/h5-8,11H,9-10H2,1-4H3,(H,22,23)/t11-/m1/s1. The molecule has 0 unspecified atom stereocenters. The first-order chi connectivity index (χ1) is 10.6. The Hall–Kier alpha value is -2.37. The summed E-state index contributed by atoms with van der Waals surface area (Å²) in [4.78, 5) is 38.6. The van der Waals surface area contributed by atoms with Crippen LogP contribution in [0.4, 0.5) is 4.79 Å². The van der Waals surface area contributed by atoms with Crippen LogP contribution in [0.2, 0.25) is 0 Å². The number of carboxylic acid groups (broad SMARTS) is 1. The molecule has 1 atom stereocenters. The third-order valence-electron chi connectivity index (χ3n) is 4.02. The Balaban J connectivity index is 2.09. The van der Waals surface area contributed by atoms with Gasteiger partial charge in [0.05, 0.1) is 11.1 Å². The smallest absolute Gasteiger partial charge is 0.407 e. The molecule has 1 aromatic rings. The summed E-state index contributed by atoms with van der Waals surface area (Å²) in [5.41, 5.74) is 0.278. The van der Waals surface area contributed by atoms with E-state index in [-0.39, 0.29) is 24.4 Å². The average molecular weight is 318 g/mol. The number of carbonyl (C=O) groups excluding carboxylic acids is 2. The van der Waals surface area contributed by atoms with E-state index in [4.69, 9.17) is 0 Å². The van der Waals surface area contributed by atoms with Gasteiger partial charge in [-0.15, -0.1) is 0 Å². The molecule has 1 N–H and O–H groups in total. The number of hydrogen-bond acceptors (Lipinski definition) is 3. The van der Waals surface area contributed by atoms with Crippen LogP contribution in [0.1, 0.15) is 54.8 Å². The van der Waals surface area contributed by atoms with Crippen molar-refractivity contribution >= 4 is 17.9 Å². The van der Waals surface area contributed by atoms with E-state index in [1.165, 1.54) is 9.80 Å². The maximum absolute atomic E-state index is 12.3. The van der Waals surface area contributed by atoms with E-state index in [9.17, 15) is 19.5 Å². The van der Waals surface area contributed by atoms with Crippen molar-refractivity contribution in [3.8, 4) is 0 Å². The molecule has 1 heterocycles. The molecule has 2 rings (SSSR count). The predicted octanol–water partition coefficient (Wildman–Crippen LogP) is 2.84. The van der Waals surface area contributed by atoms with Crippen LogP contribution in [0.5, 0.6) is 0 Å². The molecule has 0 aromatic heterocycles. The summed E-state index contributed by atoms with van der Waals surface area (Å²) < 4.78 is 0. The van der Waals surface area contributed by atoms with Crippen LogP contribution in [0.25, 0.3) is 0 Å². The molecular weight excluding hydrogens is 296 g/mol. The molecule has 3 amide bonds. The monoisotopic (exact) mass is 318 g/mol. The largest absolute Gasteiger partial charge is 0.465 e. The summed E-state index contributed by atoms with van der Waals surface area (Å²) in [5, 5.41) is 9.40. The fourth-order valence-electron chi connectivity index (χ4n) is 3.02. The lowest BCUT2D eigenvalue weighted by Gasteiger charge is -2.38. The minimum atomic E-state index is -1.01. The summed E-state index contributed by atoms with van der Waals surface area (Å²) in [6.45, 7) is 7.45. The number of rotatable bonds is 4. The van der Waals surface area contributed by atoms with Crippen molar-refractivity contribution in [1.82, 2.24) is 9.80 Å². The molecule has 6 nitrogen and oxygen atoms in total. The number of benzene rings is 1. The van der Waals surface area contributed by atoms with Gasteiger partial charge in [-0.25, -0.2) is 4.79 Å². The molecule has 0 bridgehead atoms. The second-order valence-corrected chi connectivity index (χ2v) is 6.77. The fraction of sp³-hybridized carbons (Fsp3) is 0.471. The van der Waals surface area contributed by atoms with Gasteiger partial charge in [0.25, 0.3) is 11.8 Å². The molecule has 0 aliphatic carbocycles. The minimum absolute atomic E-state index is 0.202. The van der Waals surface area contributed by atoms with Crippen LogP contribution >= 0.6 is 0 Å². The highest BCUT2D eigenvalue weighted by atomic mass is 16.4. The van der Waals surface area contributed by atoms with Gasteiger partial charge in [-0.1, -0.05) is 12.1 Å². The number of amides is 3. The molecule has 0 radical (unpaired) electrons. The molecule has 0 saturated heterocycles. The summed E-state index contributed by atoms with van der Waals surface area (Å²) >= 11 is 0. The van der Waals surface area contributed by atoms with Gasteiger partial charge in [-0.3, -0.25) is 14.5 Å². The van der Waals surface area contributed by atoms with Gasteiger partial charge in [-0.05, 0) is 46.2 Å². The Labute approximate surface area is 135 Å². The van der Waals surface area contributed by atoms with E-state index in [2.05, 4.69) is 0 Å². The molecule has 0 saturated carbocycles. The van der Waals surface area contributed by atoms with Crippen molar-refractivity contribution in [3.63, 3.8) is 0 Å². The first-order valence-electron chi connectivity index (χ1n) is 7.62. The Bertz CT molecular complexity index is 613. The molecular formula is C17H22N2O4. The average Bonchev–Trinajstić information content (AvgIpc) is 2.67. The second kappa shape index (κ2) is 6.02. The topological polar surface area (TPSA) is 77.9 Å². The Kier molecular flexibility index (Phi) is 4.45. The highest BCUT2D eigenvalue weighted by molar-refractivity contribution is 6.21. The number of imide groups is 1. The normalized spacial score (nSPS) is 15.6. The van der Waals surface area contributed by atoms with Crippen molar-refractivity contribution in [2.24, 2.45) is 0 Å². The third-order valence-corrected chi connectivity index (χ3v) is 4.02. The molecule has 23 heavy (non-hydrogen) atoms. The number of nitrogens with zero attached hydrogens (tertiary/aromatic N) is 2. The minimum Gasteiger partial charge on any atom is -0.465 e. The quantitative estimate of drug-likeness (QED) is 0.866. The van der Waals surface area contributed by atoms with Gasteiger partial charge in [-0.2, -0.15) is 0 Å². The second-order valence-electron chi connectivity index (χ2n) is 6.77. The Morgan fingerprint density at radius 3 is 2.04 bits per heavy atom. The lowest BCUT2D eigenvalue weighted by Crippen LogP contribution is -2.51. The maximum atomic E-state index is 12.3. The highest BCUT2D eigenvalue weighted by Crippen LogP contribution is 2.24. The van der Waals surface area contributed by atoms with Crippen LogP contribution < -0.4 is 0 Å². The molecule has 1 aliphatic rings. The lowest BCUT2D eigenvalue weighted by atomic mass is 10.0. The number of carbonyl (C=O) groups is 3. The molecule has 6 heteroatoms. The maximum Gasteiger partial charge on any atom is 0.407 e. The molecule has 1 aromatic carbocycles. The summed E-state index contributed by atoms with van der Waals surface area (Å²) in [5.74, 6) is -0.620. The highest BCUT2D eigenvalue weighted by Gasteiger charge is 2.36. The van der Waals surface area contributed by atoms with Crippen LogP contribution in [-0.4, -0.2) is 50.9 Å². The van der Waals surface area contributed by atoms with Gasteiger partial charge in [0, 0.05) is 18.1 Å². The van der Waals surface area contributed by atoms with E-state index >= 15 is 0 Å². The lowest BCUT2D eigenvalue weighted by molar-refractivity contribution is 0.0583. The van der Waals surface area contributed by atoms with E-state index in [1.54, 1.807) is 31.2 Å². The van der Waals surface area contributed by atoms with Gasteiger partial charge >= 0.3 is 6.09 Å². The number of fused-ring (bicyclic) bond motifs is 1. The third kappa shape index (κ3) is 3.21. The number of hydrogen-bond donors (Lipinski definition) is 1. The summed E-state index contributed by atoms with van der Waals surface area (Å²) in [6.07, 6.45) is -0.609. The van der Waals surface area contributed by atoms with Crippen molar-refractivity contribution in [3.05, 3.63) is 35.4 Å². The zero-order chi connectivity index (χ0) is 17.4. The predicted molar refractivity (Wildman–Crippen MR) is 85.5 cm³/mol. The Morgan fingerprint density at radius 2 is 1.65 bits per heavy atom. The van der Waals surface area contributed by atoms with Gasteiger partial charge in [0.15, 0.2) is 0 Å². The van der Waals surface area contributed by atoms with Crippen molar-refractivity contribution in [1.29, 1.82) is 0 Å². The molecule has 0 fully saturated rings. The summed E-state index contributed by atoms with van der Waals surface area (Å²) in [7, 11) is 0. The van der Waals surface area contributed by atoms with E-state index < -0.39 is 11.6 Å².